The Morgan fingerprint density at radius 3 is 2.30 bits per heavy atom. The summed E-state index contributed by atoms with van der Waals surface area (Å²) in [5.41, 5.74) is 10.4. The van der Waals surface area contributed by atoms with Crippen LogP contribution in [0.5, 0.6) is 0 Å². The Kier molecular flexibility index (Phi) is 4.38. The maximum Gasteiger partial charge on any atom is 0.133 e. The molecule has 2 N–H and O–H groups in total. The smallest absolute Gasteiger partial charge is 0.133 e. The molecule has 3 heteroatoms. The highest BCUT2D eigenvalue weighted by Gasteiger charge is 2.12. The highest BCUT2D eigenvalue weighted by molar-refractivity contribution is 5.67. The Morgan fingerprint density at radius 2 is 1.75 bits per heavy atom. The first-order valence-electron chi connectivity index (χ1n) is 7.26. The first-order valence-corrected chi connectivity index (χ1v) is 7.26. The topological polar surface area (TPSA) is 51.8 Å². The van der Waals surface area contributed by atoms with Crippen molar-refractivity contribution in [2.24, 2.45) is 0 Å². The zero-order chi connectivity index (χ0) is 14.7. The minimum absolute atomic E-state index is 0.274. The second-order valence-electron chi connectivity index (χ2n) is 5.54. The van der Waals surface area contributed by atoms with Crippen molar-refractivity contribution >= 4 is 5.82 Å². The quantitative estimate of drug-likeness (QED) is 0.908. The SMILES string of the molecule is CCCc1ccc(-c2nc(C(C)C)nc(N)c2C)cc1. The van der Waals surface area contributed by atoms with E-state index in [1.807, 2.05) is 6.92 Å². The van der Waals surface area contributed by atoms with E-state index >= 15 is 0 Å². The average molecular weight is 269 g/mol. The predicted molar refractivity (Wildman–Crippen MR) is 84.7 cm³/mol. The van der Waals surface area contributed by atoms with Crippen LogP contribution in [-0.4, -0.2) is 9.97 Å². The van der Waals surface area contributed by atoms with E-state index in [-0.39, 0.29) is 5.92 Å². The molecule has 0 fully saturated rings. The molecule has 0 atom stereocenters. The number of nitrogens with two attached hydrogens (primary N) is 1. The van der Waals surface area contributed by atoms with Crippen molar-refractivity contribution in [3.8, 4) is 11.3 Å². The lowest BCUT2D eigenvalue weighted by atomic mass is 10.0. The van der Waals surface area contributed by atoms with Gasteiger partial charge < -0.3 is 5.73 Å². The molecule has 0 unspecified atom stereocenters. The summed E-state index contributed by atoms with van der Waals surface area (Å²) in [6.07, 6.45) is 2.28. The molecule has 20 heavy (non-hydrogen) atoms. The van der Waals surface area contributed by atoms with Gasteiger partial charge in [-0.3, -0.25) is 0 Å². The summed E-state index contributed by atoms with van der Waals surface area (Å²) in [5.74, 6) is 1.66. The number of anilines is 1. The van der Waals surface area contributed by atoms with Gasteiger partial charge in [-0.1, -0.05) is 51.5 Å². The molecule has 0 aliphatic heterocycles. The number of benzene rings is 1. The first kappa shape index (κ1) is 14.5. The van der Waals surface area contributed by atoms with E-state index in [1.54, 1.807) is 0 Å². The van der Waals surface area contributed by atoms with Gasteiger partial charge in [-0.15, -0.1) is 0 Å². The molecule has 2 rings (SSSR count). The molecule has 1 aromatic carbocycles. The molecular formula is C17H23N3. The van der Waals surface area contributed by atoms with Crippen LogP contribution in [0.4, 0.5) is 5.82 Å². The fourth-order valence-electron chi connectivity index (χ4n) is 2.21. The van der Waals surface area contributed by atoms with E-state index in [4.69, 9.17) is 5.73 Å². The summed E-state index contributed by atoms with van der Waals surface area (Å²) in [7, 11) is 0. The largest absolute Gasteiger partial charge is 0.383 e. The molecule has 1 aromatic heterocycles. The molecule has 1 heterocycles. The Bertz CT molecular complexity index is 586. The maximum absolute atomic E-state index is 6.02. The third-order valence-electron chi connectivity index (χ3n) is 3.48. The van der Waals surface area contributed by atoms with Gasteiger partial charge in [-0.05, 0) is 18.9 Å². The van der Waals surface area contributed by atoms with Gasteiger partial charge in [0.1, 0.15) is 11.6 Å². The fourth-order valence-corrected chi connectivity index (χ4v) is 2.21. The minimum atomic E-state index is 0.274. The predicted octanol–water partition coefficient (Wildman–Crippen LogP) is 4.11. The van der Waals surface area contributed by atoms with E-state index in [2.05, 4.69) is 55.0 Å². The van der Waals surface area contributed by atoms with Crippen LogP contribution in [0.2, 0.25) is 0 Å². The molecule has 2 aromatic rings. The summed E-state index contributed by atoms with van der Waals surface area (Å²) in [4.78, 5) is 9.06. The van der Waals surface area contributed by atoms with Crippen molar-refractivity contribution in [1.82, 2.24) is 9.97 Å². The molecule has 0 radical (unpaired) electrons. The number of hydrogen-bond acceptors (Lipinski definition) is 3. The lowest BCUT2D eigenvalue weighted by Crippen LogP contribution is -2.06. The van der Waals surface area contributed by atoms with Crippen LogP contribution in [0.1, 0.15) is 50.1 Å². The van der Waals surface area contributed by atoms with E-state index in [0.717, 1.165) is 35.5 Å². The molecule has 0 saturated heterocycles. The number of rotatable bonds is 4. The van der Waals surface area contributed by atoms with Gasteiger partial charge in [-0.2, -0.15) is 0 Å². The number of nitrogen functional groups attached to an aromatic ring is 1. The Hall–Kier alpha value is -1.90. The van der Waals surface area contributed by atoms with Gasteiger partial charge >= 0.3 is 0 Å². The van der Waals surface area contributed by atoms with Crippen molar-refractivity contribution in [1.29, 1.82) is 0 Å². The van der Waals surface area contributed by atoms with E-state index < -0.39 is 0 Å². The molecule has 0 saturated carbocycles. The standard InChI is InChI=1S/C17H23N3/c1-5-6-13-7-9-14(10-8-13)15-12(4)16(18)20-17(19-15)11(2)3/h7-11H,5-6H2,1-4H3,(H2,18,19,20). The van der Waals surface area contributed by atoms with Gasteiger partial charge in [0, 0.05) is 17.0 Å². The zero-order valence-corrected chi connectivity index (χ0v) is 12.8. The monoisotopic (exact) mass is 269 g/mol. The Balaban J connectivity index is 2.45. The first-order chi connectivity index (χ1) is 9.52. The number of nitrogens with zero attached hydrogens (tertiary/aromatic N) is 2. The van der Waals surface area contributed by atoms with E-state index in [1.165, 1.54) is 5.56 Å². The van der Waals surface area contributed by atoms with Crippen molar-refractivity contribution in [3.05, 3.63) is 41.2 Å². The summed E-state index contributed by atoms with van der Waals surface area (Å²) in [6, 6.07) is 8.60. The molecule has 0 spiro atoms. The van der Waals surface area contributed by atoms with Gasteiger partial charge in [0.2, 0.25) is 0 Å². The summed E-state index contributed by atoms with van der Waals surface area (Å²) in [5, 5.41) is 0. The van der Waals surface area contributed by atoms with Gasteiger partial charge in [-0.25, -0.2) is 9.97 Å². The van der Waals surface area contributed by atoms with Crippen LogP contribution in [0.25, 0.3) is 11.3 Å². The second kappa shape index (κ2) is 6.04. The van der Waals surface area contributed by atoms with Crippen LogP contribution in [0.15, 0.2) is 24.3 Å². The van der Waals surface area contributed by atoms with Crippen molar-refractivity contribution in [3.63, 3.8) is 0 Å². The van der Waals surface area contributed by atoms with Gasteiger partial charge in [0.05, 0.1) is 5.69 Å². The van der Waals surface area contributed by atoms with E-state index in [9.17, 15) is 0 Å². The van der Waals surface area contributed by atoms with Crippen LogP contribution < -0.4 is 5.73 Å². The summed E-state index contributed by atoms with van der Waals surface area (Å²) < 4.78 is 0. The Labute approximate surface area is 121 Å². The molecular weight excluding hydrogens is 246 g/mol. The molecule has 0 bridgehead atoms. The third-order valence-corrected chi connectivity index (χ3v) is 3.48. The fraction of sp³-hybridized carbons (Fsp3) is 0.412. The van der Waals surface area contributed by atoms with Crippen molar-refractivity contribution in [2.75, 3.05) is 5.73 Å². The molecule has 106 valence electrons. The van der Waals surface area contributed by atoms with Crippen molar-refractivity contribution in [2.45, 2.75) is 46.5 Å². The number of hydrogen-bond donors (Lipinski definition) is 1. The van der Waals surface area contributed by atoms with Crippen LogP contribution in [0, 0.1) is 6.92 Å². The van der Waals surface area contributed by atoms with Crippen molar-refractivity contribution < 1.29 is 0 Å². The molecule has 3 nitrogen and oxygen atoms in total. The number of aromatic nitrogens is 2. The normalized spacial score (nSPS) is 11.1. The third kappa shape index (κ3) is 2.98. The van der Waals surface area contributed by atoms with Gasteiger partial charge in [0.15, 0.2) is 0 Å². The van der Waals surface area contributed by atoms with Crippen LogP contribution in [-0.2, 0) is 6.42 Å². The lowest BCUT2D eigenvalue weighted by molar-refractivity contribution is 0.776. The minimum Gasteiger partial charge on any atom is -0.383 e. The number of aryl methyl sites for hydroxylation is 1. The Morgan fingerprint density at radius 1 is 1.10 bits per heavy atom. The molecule has 0 aliphatic carbocycles. The average Bonchev–Trinajstić information content (AvgIpc) is 2.43. The summed E-state index contributed by atoms with van der Waals surface area (Å²) >= 11 is 0. The zero-order valence-electron chi connectivity index (χ0n) is 12.8. The second-order valence-corrected chi connectivity index (χ2v) is 5.54. The summed E-state index contributed by atoms with van der Waals surface area (Å²) in [6.45, 7) is 8.34. The molecule has 0 aliphatic rings. The lowest BCUT2D eigenvalue weighted by Gasteiger charge is -2.12. The van der Waals surface area contributed by atoms with Crippen LogP contribution >= 0.6 is 0 Å². The maximum atomic E-state index is 6.02. The highest BCUT2D eigenvalue weighted by atomic mass is 15.0. The van der Waals surface area contributed by atoms with Crippen LogP contribution in [0.3, 0.4) is 0 Å². The molecule has 0 amide bonds. The van der Waals surface area contributed by atoms with E-state index in [0.29, 0.717) is 5.82 Å². The highest BCUT2D eigenvalue weighted by Crippen LogP contribution is 2.26. The van der Waals surface area contributed by atoms with Gasteiger partial charge in [0.25, 0.3) is 0 Å².